The fourth-order valence-corrected chi connectivity index (χ4v) is 3.15. The molecule has 1 N–H and O–H groups in total. The van der Waals surface area contributed by atoms with Crippen molar-refractivity contribution in [2.75, 3.05) is 6.61 Å². The van der Waals surface area contributed by atoms with Crippen LogP contribution in [0.4, 0.5) is 0 Å². The van der Waals surface area contributed by atoms with Crippen molar-refractivity contribution in [2.24, 2.45) is 11.3 Å². The van der Waals surface area contributed by atoms with Crippen molar-refractivity contribution >= 4 is 11.9 Å². The highest BCUT2D eigenvalue weighted by molar-refractivity contribution is 5.81. The molecule has 0 saturated heterocycles. The van der Waals surface area contributed by atoms with Gasteiger partial charge in [-0.1, -0.05) is 82.3 Å². The van der Waals surface area contributed by atoms with Gasteiger partial charge in [0.15, 0.2) is 0 Å². The molecule has 2 atom stereocenters. The Balaban J connectivity index is 2.13. The van der Waals surface area contributed by atoms with Crippen molar-refractivity contribution in [3.05, 3.63) is 60.2 Å². The maximum absolute atomic E-state index is 12.6. The Hall–Kier alpha value is -2.62. The SMILES string of the molecule is CCOC(=O)C(C)CC(Cc1ccc(-c2ccccc2)cc1)NC(=O)C(C)(C)C. The van der Waals surface area contributed by atoms with Crippen LogP contribution in [0.1, 0.15) is 46.6 Å². The first-order chi connectivity index (χ1) is 13.7. The van der Waals surface area contributed by atoms with Gasteiger partial charge in [0.05, 0.1) is 12.5 Å². The van der Waals surface area contributed by atoms with Crippen molar-refractivity contribution < 1.29 is 14.3 Å². The van der Waals surface area contributed by atoms with Gasteiger partial charge in [-0.05, 0) is 36.5 Å². The number of rotatable bonds is 8. The summed E-state index contributed by atoms with van der Waals surface area (Å²) in [5.41, 5.74) is 2.97. The van der Waals surface area contributed by atoms with Crippen LogP contribution in [-0.2, 0) is 20.7 Å². The third kappa shape index (κ3) is 7.04. The minimum Gasteiger partial charge on any atom is -0.466 e. The molecule has 0 saturated carbocycles. The number of carbonyl (C=O) groups is 2. The third-order valence-electron chi connectivity index (χ3n) is 4.89. The molecule has 29 heavy (non-hydrogen) atoms. The molecule has 1 amide bonds. The molecule has 2 aromatic rings. The molecule has 0 radical (unpaired) electrons. The van der Waals surface area contributed by atoms with Crippen LogP contribution in [-0.4, -0.2) is 24.5 Å². The molecule has 0 aliphatic heterocycles. The first-order valence-electron chi connectivity index (χ1n) is 10.3. The van der Waals surface area contributed by atoms with E-state index in [1.54, 1.807) is 6.92 Å². The summed E-state index contributed by atoms with van der Waals surface area (Å²) < 4.78 is 5.14. The number of carbonyl (C=O) groups excluding carboxylic acids is 2. The Morgan fingerprint density at radius 2 is 1.55 bits per heavy atom. The monoisotopic (exact) mass is 395 g/mol. The van der Waals surface area contributed by atoms with Crippen molar-refractivity contribution in [3.63, 3.8) is 0 Å². The highest BCUT2D eigenvalue weighted by atomic mass is 16.5. The molecule has 4 nitrogen and oxygen atoms in total. The maximum atomic E-state index is 12.6. The first kappa shape index (κ1) is 22.7. The van der Waals surface area contributed by atoms with Crippen molar-refractivity contribution in [1.82, 2.24) is 5.32 Å². The summed E-state index contributed by atoms with van der Waals surface area (Å²) in [5.74, 6) is -0.509. The van der Waals surface area contributed by atoms with Crippen LogP contribution in [0.3, 0.4) is 0 Å². The second kappa shape index (κ2) is 10.2. The lowest BCUT2D eigenvalue weighted by atomic mass is 9.91. The lowest BCUT2D eigenvalue weighted by molar-refractivity contribution is -0.148. The molecule has 2 aromatic carbocycles. The van der Waals surface area contributed by atoms with Gasteiger partial charge < -0.3 is 10.1 Å². The van der Waals surface area contributed by atoms with E-state index < -0.39 is 5.41 Å². The molecule has 2 rings (SSSR count). The van der Waals surface area contributed by atoms with Gasteiger partial charge in [-0.25, -0.2) is 0 Å². The average Bonchev–Trinajstić information content (AvgIpc) is 2.68. The predicted molar refractivity (Wildman–Crippen MR) is 117 cm³/mol. The topological polar surface area (TPSA) is 55.4 Å². The Morgan fingerprint density at radius 1 is 0.966 bits per heavy atom. The summed E-state index contributed by atoms with van der Waals surface area (Å²) in [6.45, 7) is 9.70. The van der Waals surface area contributed by atoms with Gasteiger partial charge >= 0.3 is 5.97 Å². The highest BCUT2D eigenvalue weighted by Crippen LogP contribution is 2.21. The maximum Gasteiger partial charge on any atom is 0.308 e. The molecule has 0 heterocycles. The van der Waals surface area contributed by atoms with E-state index in [1.807, 2.05) is 45.9 Å². The summed E-state index contributed by atoms with van der Waals surface area (Å²) in [6.07, 6.45) is 1.21. The minimum absolute atomic E-state index is 0.0144. The summed E-state index contributed by atoms with van der Waals surface area (Å²) in [5, 5.41) is 3.13. The van der Waals surface area contributed by atoms with Gasteiger partial charge in [0.1, 0.15) is 0 Å². The highest BCUT2D eigenvalue weighted by Gasteiger charge is 2.27. The molecular formula is C25H33NO3. The van der Waals surface area contributed by atoms with E-state index in [9.17, 15) is 9.59 Å². The van der Waals surface area contributed by atoms with Crippen LogP contribution >= 0.6 is 0 Å². The third-order valence-corrected chi connectivity index (χ3v) is 4.89. The lowest BCUT2D eigenvalue weighted by Gasteiger charge is -2.26. The normalized spacial score (nSPS) is 13.4. The summed E-state index contributed by atoms with van der Waals surface area (Å²) in [4.78, 5) is 24.6. The molecule has 156 valence electrons. The van der Waals surface area contributed by atoms with Crippen molar-refractivity contribution in [3.8, 4) is 11.1 Å². The summed E-state index contributed by atoms with van der Waals surface area (Å²) in [6, 6.07) is 18.5. The largest absolute Gasteiger partial charge is 0.466 e. The molecular weight excluding hydrogens is 362 g/mol. The van der Waals surface area contributed by atoms with Crippen LogP contribution in [0.15, 0.2) is 54.6 Å². The zero-order chi connectivity index (χ0) is 21.4. The zero-order valence-electron chi connectivity index (χ0n) is 18.2. The van der Waals surface area contributed by atoms with Crippen molar-refractivity contribution in [2.45, 2.75) is 53.5 Å². The summed E-state index contributed by atoms with van der Waals surface area (Å²) >= 11 is 0. The fraction of sp³-hybridized carbons (Fsp3) is 0.440. The molecule has 0 aliphatic rings. The van der Waals surface area contributed by atoms with Gasteiger partial charge in [-0.2, -0.15) is 0 Å². The Labute approximate surface area is 174 Å². The number of amides is 1. The predicted octanol–water partition coefficient (Wildman–Crippen LogP) is 5.02. The lowest BCUT2D eigenvalue weighted by Crippen LogP contribution is -2.44. The number of esters is 1. The van der Waals surface area contributed by atoms with E-state index in [2.05, 4.69) is 41.7 Å². The van der Waals surface area contributed by atoms with Crippen LogP contribution in [0, 0.1) is 11.3 Å². The Kier molecular flexibility index (Phi) is 8.00. The smallest absolute Gasteiger partial charge is 0.308 e. The molecule has 2 unspecified atom stereocenters. The number of hydrogen-bond donors (Lipinski definition) is 1. The van der Waals surface area contributed by atoms with Gasteiger partial charge in [0.2, 0.25) is 5.91 Å². The quantitative estimate of drug-likeness (QED) is 0.639. The molecule has 0 fully saturated rings. The van der Waals surface area contributed by atoms with Crippen molar-refractivity contribution in [1.29, 1.82) is 0 Å². The number of hydrogen-bond acceptors (Lipinski definition) is 3. The molecule has 0 spiro atoms. The van der Waals surface area contributed by atoms with E-state index in [0.717, 1.165) is 11.1 Å². The second-order valence-corrected chi connectivity index (χ2v) is 8.58. The Bertz CT molecular complexity index is 791. The van der Waals surface area contributed by atoms with Crippen LogP contribution in [0.5, 0.6) is 0 Å². The van der Waals surface area contributed by atoms with E-state index in [1.165, 1.54) is 5.56 Å². The molecule has 0 aromatic heterocycles. The fourth-order valence-electron chi connectivity index (χ4n) is 3.15. The van der Waals surface area contributed by atoms with Crippen LogP contribution < -0.4 is 5.32 Å². The van der Waals surface area contributed by atoms with E-state index >= 15 is 0 Å². The van der Waals surface area contributed by atoms with Gasteiger partial charge in [-0.15, -0.1) is 0 Å². The molecule has 0 aliphatic carbocycles. The van der Waals surface area contributed by atoms with E-state index in [4.69, 9.17) is 4.74 Å². The second-order valence-electron chi connectivity index (χ2n) is 8.58. The first-order valence-corrected chi connectivity index (χ1v) is 10.3. The standard InChI is InChI=1S/C25H33NO3/c1-6-29-23(27)18(2)16-22(26-24(28)25(3,4)5)17-19-12-14-21(15-13-19)20-10-8-7-9-11-20/h7-15,18,22H,6,16-17H2,1-5H3,(H,26,28). The average molecular weight is 396 g/mol. The van der Waals surface area contributed by atoms with E-state index in [-0.39, 0.29) is 23.8 Å². The molecule has 4 heteroatoms. The number of benzene rings is 2. The number of ether oxygens (including phenoxy) is 1. The van der Waals surface area contributed by atoms with Crippen LogP contribution in [0.2, 0.25) is 0 Å². The number of nitrogens with one attached hydrogen (secondary N) is 1. The Morgan fingerprint density at radius 3 is 2.10 bits per heavy atom. The van der Waals surface area contributed by atoms with E-state index in [0.29, 0.717) is 19.4 Å². The molecule has 0 bridgehead atoms. The van der Waals surface area contributed by atoms with Crippen LogP contribution in [0.25, 0.3) is 11.1 Å². The minimum atomic E-state index is -0.484. The zero-order valence-corrected chi connectivity index (χ0v) is 18.2. The van der Waals surface area contributed by atoms with Gasteiger partial charge in [0.25, 0.3) is 0 Å². The van der Waals surface area contributed by atoms with Gasteiger partial charge in [-0.3, -0.25) is 9.59 Å². The van der Waals surface area contributed by atoms with Gasteiger partial charge in [0, 0.05) is 11.5 Å². The summed E-state index contributed by atoms with van der Waals surface area (Å²) in [7, 11) is 0.